The van der Waals surface area contributed by atoms with Crippen molar-refractivity contribution in [1.29, 1.82) is 0 Å². The summed E-state index contributed by atoms with van der Waals surface area (Å²) in [6.45, 7) is 4.10. The second kappa shape index (κ2) is 5.06. The van der Waals surface area contributed by atoms with Gasteiger partial charge in [0.15, 0.2) is 0 Å². The summed E-state index contributed by atoms with van der Waals surface area (Å²) in [4.78, 5) is 0. The second-order valence-corrected chi connectivity index (χ2v) is 4.41. The van der Waals surface area contributed by atoms with E-state index in [4.69, 9.17) is 12.6 Å². The molecular formula is C14H14N2S. The number of hydrogen-bond donors (Lipinski definition) is 0. The average Bonchev–Trinajstić information content (AvgIpc) is 2.33. The van der Waals surface area contributed by atoms with Gasteiger partial charge in [0.05, 0.1) is 0 Å². The number of rotatable bonds is 2. The van der Waals surface area contributed by atoms with Gasteiger partial charge in [0, 0.05) is 12.1 Å². The van der Waals surface area contributed by atoms with Gasteiger partial charge in [-0.25, -0.2) is 0 Å². The molecule has 0 N–H and O–H groups in total. The van der Waals surface area contributed by atoms with Crippen molar-refractivity contribution >= 4 is 17.7 Å². The molecule has 0 saturated carbocycles. The van der Waals surface area contributed by atoms with Crippen LogP contribution in [0.3, 0.4) is 0 Å². The number of aromatic nitrogens is 1. The first-order valence-electron chi connectivity index (χ1n) is 5.46. The molecule has 1 heterocycles. The van der Waals surface area contributed by atoms with E-state index < -0.39 is 0 Å². The molecule has 0 saturated heterocycles. The van der Waals surface area contributed by atoms with Crippen LogP contribution in [0, 0.1) is 13.8 Å². The van der Waals surface area contributed by atoms with Gasteiger partial charge in [-0.3, -0.25) is 0 Å². The molecule has 17 heavy (non-hydrogen) atoms. The maximum Gasteiger partial charge on any atom is 0.202 e. The molecule has 0 unspecified atom stereocenters. The molecule has 0 aliphatic rings. The predicted octanol–water partition coefficient (Wildman–Crippen LogP) is 2.35. The highest BCUT2D eigenvalue weighted by Crippen LogP contribution is 2.03. The Balaban J connectivity index is 2.27. The number of pyridine rings is 1. The van der Waals surface area contributed by atoms with Gasteiger partial charge in [0.25, 0.3) is 0 Å². The van der Waals surface area contributed by atoms with E-state index in [-0.39, 0.29) is 0 Å². The fourth-order valence-electron chi connectivity index (χ4n) is 1.42. The summed E-state index contributed by atoms with van der Waals surface area (Å²) < 4.78 is 1.73. The molecule has 0 aliphatic heterocycles. The predicted molar refractivity (Wildman–Crippen MR) is 71.9 cm³/mol. The molecule has 2 aromatic rings. The third-order valence-corrected chi connectivity index (χ3v) is 2.80. The van der Waals surface area contributed by atoms with Crippen LogP contribution in [0.5, 0.6) is 0 Å². The highest BCUT2D eigenvalue weighted by atomic mass is 32.1. The van der Waals surface area contributed by atoms with Gasteiger partial charge >= 0.3 is 0 Å². The zero-order chi connectivity index (χ0) is 12.3. The van der Waals surface area contributed by atoms with Crippen LogP contribution >= 0.6 is 0 Å². The molecule has 2 rings (SSSR count). The van der Waals surface area contributed by atoms with Gasteiger partial charge in [0.2, 0.25) is 12.4 Å². The second-order valence-electron chi connectivity index (χ2n) is 4.03. The van der Waals surface area contributed by atoms with Crippen LogP contribution in [-0.2, 0) is 12.6 Å². The summed E-state index contributed by atoms with van der Waals surface area (Å²) in [7, 11) is 0. The molecule has 86 valence electrons. The topological polar surface area (TPSA) is 16.2 Å². The molecule has 0 aliphatic carbocycles. The number of benzene rings is 1. The third kappa shape index (κ3) is 3.11. The van der Waals surface area contributed by atoms with Crippen molar-refractivity contribution in [2.75, 3.05) is 0 Å². The summed E-state index contributed by atoms with van der Waals surface area (Å²) >= 11 is 5.29. The van der Waals surface area contributed by atoms with Crippen LogP contribution < -0.4 is 4.68 Å². The molecular weight excluding hydrogens is 228 g/mol. The zero-order valence-corrected chi connectivity index (χ0v) is 10.7. The van der Waals surface area contributed by atoms with Gasteiger partial charge in [-0.15, -0.1) is 0 Å². The molecule has 0 spiro atoms. The monoisotopic (exact) mass is 242 g/mol. The van der Waals surface area contributed by atoms with E-state index in [1.165, 1.54) is 11.1 Å². The first kappa shape index (κ1) is 11.7. The Morgan fingerprint density at radius 2 is 1.47 bits per heavy atom. The van der Waals surface area contributed by atoms with Gasteiger partial charge < -0.3 is 12.6 Å². The lowest BCUT2D eigenvalue weighted by molar-refractivity contribution is -0.678. The van der Waals surface area contributed by atoms with Crippen molar-refractivity contribution < 1.29 is 4.68 Å². The summed E-state index contributed by atoms with van der Waals surface area (Å²) in [6.07, 6.45) is 3.80. The van der Waals surface area contributed by atoms with E-state index in [9.17, 15) is 0 Å². The molecule has 0 fully saturated rings. The Bertz CT molecular complexity index is 527. The van der Waals surface area contributed by atoms with Gasteiger partial charge in [-0.05, 0) is 35.1 Å². The van der Waals surface area contributed by atoms with Crippen molar-refractivity contribution in [3.05, 3.63) is 65.5 Å². The third-order valence-electron chi connectivity index (χ3n) is 2.49. The number of hydrogen-bond acceptors (Lipinski definition) is 2. The summed E-state index contributed by atoms with van der Waals surface area (Å²) in [6, 6.07) is 12.1. The maximum absolute atomic E-state index is 5.29. The first-order valence-corrected chi connectivity index (χ1v) is 5.87. The van der Waals surface area contributed by atoms with Crippen molar-refractivity contribution in [3.63, 3.8) is 0 Å². The summed E-state index contributed by atoms with van der Waals surface area (Å²) in [5.74, 6) is 0. The molecule has 0 bridgehead atoms. The average molecular weight is 242 g/mol. The first-order chi connectivity index (χ1) is 8.15. The zero-order valence-electron chi connectivity index (χ0n) is 9.92. The minimum atomic E-state index is 0.596. The highest BCUT2D eigenvalue weighted by Gasteiger charge is 1.97. The number of nitrogens with zero attached hydrogens (tertiary/aromatic N) is 2. The lowest BCUT2D eigenvalue weighted by Crippen LogP contribution is -2.28. The van der Waals surface area contributed by atoms with Crippen molar-refractivity contribution in [2.45, 2.75) is 13.8 Å². The number of aryl methyl sites for hydroxylation is 2. The van der Waals surface area contributed by atoms with E-state index in [1.54, 1.807) is 4.68 Å². The van der Waals surface area contributed by atoms with E-state index in [2.05, 4.69) is 12.0 Å². The van der Waals surface area contributed by atoms with Crippen molar-refractivity contribution in [3.8, 4) is 0 Å². The summed E-state index contributed by atoms with van der Waals surface area (Å²) in [5, 5.41) is 4.94. The van der Waals surface area contributed by atoms with Crippen LogP contribution in [0.1, 0.15) is 16.7 Å². The Morgan fingerprint density at radius 3 is 2.06 bits per heavy atom. The minimum Gasteiger partial charge on any atom is -0.754 e. The lowest BCUT2D eigenvalue weighted by Gasteiger charge is -2.07. The van der Waals surface area contributed by atoms with Crippen molar-refractivity contribution in [2.24, 2.45) is 5.10 Å². The molecule has 2 nitrogen and oxygen atoms in total. The van der Waals surface area contributed by atoms with E-state index in [1.807, 2.05) is 55.7 Å². The Labute approximate surface area is 107 Å². The SMILES string of the molecule is Cc1ccc(/C([S-])=N\[n+]2ccc(C)cc2)cc1. The van der Waals surface area contributed by atoms with Gasteiger partial charge in [-0.2, -0.15) is 0 Å². The van der Waals surface area contributed by atoms with Crippen LogP contribution in [0.4, 0.5) is 0 Å². The molecule has 1 aromatic carbocycles. The van der Waals surface area contributed by atoms with Crippen LogP contribution in [0.15, 0.2) is 53.9 Å². The molecule has 0 amide bonds. The maximum atomic E-state index is 5.29. The Morgan fingerprint density at radius 1 is 0.941 bits per heavy atom. The van der Waals surface area contributed by atoms with E-state index in [0.29, 0.717) is 5.04 Å². The quantitative estimate of drug-likeness (QED) is 0.342. The van der Waals surface area contributed by atoms with E-state index in [0.717, 1.165) is 5.56 Å². The molecule has 3 heteroatoms. The minimum absolute atomic E-state index is 0.596. The van der Waals surface area contributed by atoms with E-state index >= 15 is 0 Å². The largest absolute Gasteiger partial charge is 0.754 e. The fourth-order valence-corrected chi connectivity index (χ4v) is 1.65. The standard InChI is InChI=1S/C14H14N2S/c1-11-3-5-13(6-4-11)14(17)15-16-9-7-12(2)8-10-16/h3-10H,1-2H3. The normalized spacial score (nSPS) is 11.5. The highest BCUT2D eigenvalue weighted by molar-refractivity contribution is 7.78. The van der Waals surface area contributed by atoms with Gasteiger partial charge in [0.1, 0.15) is 0 Å². The van der Waals surface area contributed by atoms with Crippen LogP contribution in [-0.4, -0.2) is 5.04 Å². The van der Waals surface area contributed by atoms with Crippen LogP contribution in [0.25, 0.3) is 0 Å². The molecule has 0 radical (unpaired) electrons. The van der Waals surface area contributed by atoms with Gasteiger partial charge in [-0.1, -0.05) is 34.5 Å². The summed E-state index contributed by atoms with van der Waals surface area (Å²) in [5.41, 5.74) is 3.40. The van der Waals surface area contributed by atoms with Crippen LogP contribution in [0.2, 0.25) is 0 Å². The van der Waals surface area contributed by atoms with Crippen molar-refractivity contribution in [1.82, 2.24) is 0 Å². The lowest BCUT2D eigenvalue weighted by atomic mass is 10.2. The Kier molecular flexibility index (Phi) is 3.49. The smallest absolute Gasteiger partial charge is 0.202 e. The Hall–Kier alpha value is -1.74. The molecule has 1 aromatic heterocycles. The fraction of sp³-hybridized carbons (Fsp3) is 0.143. The molecule has 0 atom stereocenters.